The molecule has 4 rings (SSSR count). The Morgan fingerprint density at radius 1 is 1.16 bits per heavy atom. The number of halogens is 2. The van der Waals surface area contributed by atoms with Crippen LogP contribution in [0.2, 0.25) is 5.02 Å². The zero-order valence-electron chi connectivity index (χ0n) is 12.5. The summed E-state index contributed by atoms with van der Waals surface area (Å²) in [6, 6.07) is 11.8. The fourth-order valence-electron chi connectivity index (χ4n) is 2.27. The summed E-state index contributed by atoms with van der Waals surface area (Å²) in [5.74, 6) is 0.144. The molecule has 0 bridgehead atoms. The summed E-state index contributed by atoms with van der Waals surface area (Å²) in [6.45, 7) is 0. The van der Waals surface area contributed by atoms with Gasteiger partial charge in [-0.05, 0) is 58.4 Å². The van der Waals surface area contributed by atoms with Crippen LogP contribution in [0.15, 0.2) is 62.2 Å². The van der Waals surface area contributed by atoms with Gasteiger partial charge in [-0.15, -0.1) is 0 Å². The molecule has 0 aliphatic heterocycles. The molecule has 1 aromatic carbocycles. The molecule has 0 saturated carbocycles. The average molecular weight is 419 g/mol. The number of amides is 1. The lowest BCUT2D eigenvalue weighted by molar-refractivity contribution is 0.0995. The second-order valence-electron chi connectivity index (χ2n) is 5.10. The Morgan fingerprint density at radius 2 is 2.04 bits per heavy atom. The number of pyridine rings is 1. The number of furan rings is 1. The summed E-state index contributed by atoms with van der Waals surface area (Å²) in [6.07, 6.45) is 1.64. The molecule has 1 N–H and O–H groups in total. The lowest BCUT2D eigenvalue weighted by atomic mass is 10.2. The van der Waals surface area contributed by atoms with Crippen molar-refractivity contribution in [3.63, 3.8) is 0 Å². The Balaban J connectivity index is 1.67. The first-order valence-electron chi connectivity index (χ1n) is 7.18. The zero-order valence-corrected chi connectivity index (χ0v) is 14.8. The largest absolute Gasteiger partial charge is 0.444 e. The van der Waals surface area contributed by atoms with E-state index < -0.39 is 5.91 Å². The van der Waals surface area contributed by atoms with E-state index in [2.05, 4.69) is 31.2 Å². The van der Waals surface area contributed by atoms with Crippen LogP contribution in [0.1, 0.15) is 10.6 Å². The Bertz CT molecular complexity index is 1060. The van der Waals surface area contributed by atoms with Gasteiger partial charge in [-0.2, -0.15) is 4.98 Å². The van der Waals surface area contributed by atoms with Crippen LogP contribution in [0, 0.1) is 0 Å². The summed E-state index contributed by atoms with van der Waals surface area (Å²) in [4.78, 5) is 20.7. The second kappa shape index (κ2) is 6.34. The molecule has 0 saturated heterocycles. The average Bonchev–Trinajstić information content (AvgIpc) is 3.23. The SMILES string of the molecule is O=C(Nc1cc(-c2nc3ncccc3o2)ccc1Cl)c1ccc(Br)o1. The van der Waals surface area contributed by atoms with Gasteiger partial charge in [0.1, 0.15) is 0 Å². The Morgan fingerprint density at radius 3 is 2.80 bits per heavy atom. The zero-order chi connectivity index (χ0) is 17.4. The normalized spacial score (nSPS) is 11.0. The highest BCUT2D eigenvalue weighted by atomic mass is 79.9. The van der Waals surface area contributed by atoms with Crippen LogP contribution in [-0.4, -0.2) is 15.9 Å². The predicted molar refractivity (Wildman–Crippen MR) is 96.6 cm³/mol. The monoisotopic (exact) mass is 417 g/mol. The third kappa shape index (κ3) is 3.16. The van der Waals surface area contributed by atoms with E-state index in [1.165, 1.54) is 0 Å². The predicted octanol–water partition coefficient (Wildman–Crippen LogP) is 5.15. The molecule has 0 atom stereocenters. The minimum absolute atomic E-state index is 0.166. The van der Waals surface area contributed by atoms with Crippen molar-refractivity contribution < 1.29 is 13.6 Å². The van der Waals surface area contributed by atoms with Crippen LogP contribution < -0.4 is 5.32 Å². The number of nitrogens with zero attached hydrogens (tertiary/aromatic N) is 2. The smallest absolute Gasteiger partial charge is 0.291 e. The number of fused-ring (bicyclic) bond motifs is 1. The van der Waals surface area contributed by atoms with E-state index in [1.54, 1.807) is 48.7 Å². The minimum atomic E-state index is -0.413. The van der Waals surface area contributed by atoms with Crippen LogP contribution in [0.25, 0.3) is 22.7 Å². The molecule has 4 aromatic rings. The van der Waals surface area contributed by atoms with Crippen molar-refractivity contribution in [2.45, 2.75) is 0 Å². The summed E-state index contributed by atoms with van der Waals surface area (Å²) in [5, 5.41) is 3.10. The van der Waals surface area contributed by atoms with Gasteiger partial charge in [0.25, 0.3) is 5.91 Å². The molecule has 0 aliphatic rings. The standard InChI is InChI=1S/C17H9BrClN3O3/c18-14-6-5-13(24-14)16(23)21-11-8-9(3-4-10(11)19)17-22-15-12(25-17)2-1-7-20-15/h1-8H,(H,21,23). The van der Waals surface area contributed by atoms with Crippen molar-refractivity contribution in [2.75, 3.05) is 5.32 Å². The molecule has 25 heavy (non-hydrogen) atoms. The number of rotatable bonds is 3. The summed E-state index contributed by atoms with van der Waals surface area (Å²) in [5.41, 5.74) is 2.18. The molecule has 3 aromatic heterocycles. The van der Waals surface area contributed by atoms with E-state index in [-0.39, 0.29) is 5.76 Å². The Labute approximate surface area is 155 Å². The van der Waals surface area contributed by atoms with E-state index in [9.17, 15) is 4.79 Å². The van der Waals surface area contributed by atoms with Gasteiger partial charge in [0.15, 0.2) is 21.7 Å². The molecule has 6 nitrogen and oxygen atoms in total. The first-order chi connectivity index (χ1) is 12.1. The van der Waals surface area contributed by atoms with Crippen molar-refractivity contribution in [3.05, 3.63) is 64.1 Å². The molecular weight excluding hydrogens is 410 g/mol. The molecule has 3 heterocycles. The molecule has 0 unspecified atom stereocenters. The molecule has 8 heteroatoms. The number of aromatic nitrogens is 2. The van der Waals surface area contributed by atoms with Gasteiger partial charge in [-0.25, -0.2) is 4.98 Å². The van der Waals surface area contributed by atoms with Crippen LogP contribution in [0.5, 0.6) is 0 Å². The van der Waals surface area contributed by atoms with Gasteiger partial charge in [0.2, 0.25) is 5.89 Å². The van der Waals surface area contributed by atoms with Crippen molar-refractivity contribution in [1.29, 1.82) is 0 Å². The van der Waals surface area contributed by atoms with Gasteiger partial charge >= 0.3 is 0 Å². The van der Waals surface area contributed by atoms with E-state index in [4.69, 9.17) is 20.4 Å². The van der Waals surface area contributed by atoms with Crippen molar-refractivity contribution in [2.24, 2.45) is 0 Å². The van der Waals surface area contributed by atoms with Gasteiger partial charge < -0.3 is 14.2 Å². The number of hydrogen-bond acceptors (Lipinski definition) is 5. The van der Waals surface area contributed by atoms with Crippen LogP contribution in [-0.2, 0) is 0 Å². The lowest BCUT2D eigenvalue weighted by Gasteiger charge is -2.07. The van der Waals surface area contributed by atoms with Gasteiger partial charge in [-0.1, -0.05) is 11.6 Å². The molecule has 124 valence electrons. The number of anilines is 1. The summed E-state index contributed by atoms with van der Waals surface area (Å²) >= 11 is 9.34. The van der Waals surface area contributed by atoms with E-state index in [0.717, 1.165) is 0 Å². The number of benzene rings is 1. The van der Waals surface area contributed by atoms with E-state index in [1.807, 2.05) is 0 Å². The minimum Gasteiger partial charge on any atom is -0.444 e. The summed E-state index contributed by atoms with van der Waals surface area (Å²) in [7, 11) is 0. The fourth-order valence-corrected chi connectivity index (χ4v) is 2.74. The van der Waals surface area contributed by atoms with Crippen molar-refractivity contribution in [1.82, 2.24) is 9.97 Å². The molecule has 0 spiro atoms. The molecule has 0 aliphatic carbocycles. The lowest BCUT2D eigenvalue weighted by Crippen LogP contribution is -2.11. The Kier molecular flexibility index (Phi) is 4.03. The molecular formula is C17H9BrClN3O3. The number of hydrogen-bond donors (Lipinski definition) is 1. The second-order valence-corrected chi connectivity index (χ2v) is 6.29. The molecule has 1 amide bonds. The summed E-state index contributed by atoms with van der Waals surface area (Å²) < 4.78 is 11.4. The maximum absolute atomic E-state index is 12.2. The molecule has 0 radical (unpaired) electrons. The maximum atomic E-state index is 12.2. The van der Waals surface area contributed by atoms with Gasteiger partial charge in [-0.3, -0.25) is 4.79 Å². The number of oxazole rings is 1. The first-order valence-corrected chi connectivity index (χ1v) is 8.35. The highest BCUT2D eigenvalue weighted by Crippen LogP contribution is 2.30. The first kappa shape index (κ1) is 15.9. The van der Waals surface area contributed by atoms with Gasteiger partial charge in [0.05, 0.1) is 10.7 Å². The fraction of sp³-hybridized carbons (Fsp3) is 0. The highest BCUT2D eigenvalue weighted by Gasteiger charge is 2.15. The maximum Gasteiger partial charge on any atom is 0.291 e. The molecule has 0 fully saturated rings. The third-order valence-electron chi connectivity index (χ3n) is 3.42. The van der Waals surface area contributed by atoms with Crippen LogP contribution in [0.3, 0.4) is 0 Å². The van der Waals surface area contributed by atoms with Crippen LogP contribution >= 0.6 is 27.5 Å². The van der Waals surface area contributed by atoms with Crippen molar-refractivity contribution >= 4 is 50.4 Å². The van der Waals surface area contributed by atoms with Crippen LogP contribution in [0.4, 0.5) is 5.69 Å². The van der Waals surface area contributed by atoms with Crippen molar-refractivity contribution in [3.8, 4) is 11.5 Å². The van der Waals surface area contributed by atoms with E-state index >= 15 is 0 Å². The third-order valence-corrected chi connectivity index (χ3v) is 4.18. The topological polar surface area (TPSA) is 81.2 Å². The number of nitrogens with one attached hydrogen (secondary N) is 1. The quantitative estimate of drug-likeness (QED) is 0.497. The van der Waals surface area contributed by atoms with Gasteiger partial charge in [0, 0.05) is 11.8 Å². The van der Waals surface area contributed by atoms with E-state index in [0.29, 0.717) is 38.1 Å². The highest BCUT2D eigenvalue weighted by molar-refractivity contribution is 9.10. The Hall–Kier alpha value is -2.64. The number of carbonyl (C=O) groups excluding carboxylic acids is 1. The number of carbonyl (C=O) groups is 1.